The lowest BCUT2D eigenvalue weighted by atomic mass is 10.2. The predicted octanol–water partition coefficient (Wildman–Crippen LogP) is 0.560. The Morgan fingerprint density at radius 2 is 2.35 bits per heavy atom. The Labute approximate surface area is 99.8 Å². The van der Waals surface area contributed by atoms with Crippen molar-refractivity contribution in [3.05, 3.63) is 36.2 Å². The van der Waals surface area contributed by atoms with E-state index in [0.717, 1.165) is 17.6 Å². The summed E-state index contributed by atoms with van der Waals surface area (Å²) >= 11 is 0. The average molecular weight is 232 g/mol. The molecule has 0 aliphatic rings. The lowest BCUT2D eigenvalue weighted by Gasteiger charge is -2.02. The lowest BCUT2D eigenvalue weighted by Crippen LogP contribution is -2.24. The van der Waals surface area contributed by atoms with Crippen LogP contribution in [0.15, 0.2) is 30.6 Å². The Kier molecular flexibility index (Phi) is 3.72. The molecule has 0 fully saturated rings. The SMILES string of the molecule is CNC(=O)CCNCc1cnn2ccccc12. The highest BCUT2D eigenvalue weighted by molar-refractivity contribution is 5.75. The maximum atomic E-state index is 11.0. The predicted molar refractivity (Wildman–Crippen MR) is 65.6 cm³/mol. The van der Waals surface area contributed by atoms with Crippen molar-refractivity contribution in [3.8, 4) is 0 Å². The number of rotatable bonds is 5. The minimum atomic E-state index is 0.0531. The maximum absolute atomic E-state index is 11.0. The molecule has 2 rings (SSSR count). The first-order valence-electron chi connectivity index (χ1n) is 5.64. The second-order valence-corrected chi connectivity index (χ2v) is 3.80. The van der Waals surface area contributed by atoms with Gasteiger partial charge in [0.05, 0.1) is 11.7 Å². The topological polar surface area (TPSA) is 58.4 Å². The summed E-state index contributed by atoms with van der Waals surface area (Å²) in [7, 11) is 1.65. The zero-order valence-electron chi connectivity index (χ0n) is 9.81. The molecule has 0 saturated carbocycles. The van der Waals surface area contributed by atoms with Gasteiger partial charge in [-0.15, -0.1) is 0 Å². The van der Waals surface area contributed by atoms with Crippen LogP contribution in [-0.2, 0) is 11.3 Å². The Balaban J connectivity index is 1.89. The van der Waals surface area contributed by atoms with Gasteiger partial charge in [-0.25, -0.2) is 4.52 Å². The smallest absolute Gasteiger partial charge is 0.221 e. The number of hydrogen-bond acceptors (Lipinski definition) is 3. The van der Waals surface area contributed by atoms with Crippen LogP contribution < -0.4 is 10.6 Å². The average Bonchev–Trinajstić information content (AvgIpc) is 2.78. The van der Waals surface area contributed by atoms with Crippen LogP contribution >= 0.6 is 0 Å². The van der Waals surface area contributed by atoms with Gasteiger partial charge in [-0.05, 0) is 12.1 Å². The van der Waals surface area contributed by atoms with Crippen molar-refractivity contribution in [2.45, 2.75) is 13.0 Å². The van der Waals surface area contributed by atoms with Gasteiger partial charge in [-0.3, -0.25) is 4.79 Å². The van der Waals surface area contributed by atoms with Crippen LogP contribution in [0.5, 0.6) is 0 Å². The minimum Gasteiger partial charge on any atom is -0.359 e. The molecule has 5 nitrogen and oxygen atoms in total. The van der Waals surface area contributed by atoms with Gasteiger partial charge in [-0.2, -0.15) is 5.10 Å². The van der Waals surface area contributed by atoms with Crippen molar-refractivity contribution >= 4 is 11.4 Å². The number of pyridine rings is 1. The monoisotopic (exact) mass is 232 g/mol. The van der Waals surface area contributed by atoms with Crippen molar-refractivity contribution < 1.29 is 4.79 Å². The molecule has 1 amide bonds. The fourth-order valence-electron chi connectivity index (χ4n) is 1.67. The number of amides is 1. The summed E-state index contributed by atoms with van der Waals surface area (Å²) in [6, 6.07) is 5.97. The van der Waals surface area contributed by atoms with Gasteiger partial charge in [0.2, 0.25) is 5.91 Å². The molecule has 0 radical (unpaired) electrons. The van der Waals surface area contributed by atoms with Gasteiger partial charge in [-0.1, -0.05) is 6.07 Å². The Hall–Kier alpha value is -1.88. The molecule has 0 spiro atoms. The third-order valence-corrected chi connectivity index (χ3v) is 2.63. The minimum absolute atomic E-state index is 0.0531. The summed E-state index contributed by atoms with van der Waals surface area (Å²) < 4.78 is 1.84. The summed E-state index contributed by atoms with van der Waals surface area (Å²) in [6.07, 6.45) is 4.27. The summed E-state index contributed by atoms with van der Waals surface area (Å²) in [5.74, 6) is 0.0531. The second-order valence-electron chi connectivity index (χ2n) is 3.80. The molecule has 2 aromatic rings. The van der Waals surface area contributed by atoms with Crippen LogP contribution in [0.4, 0.5) is 0 Å². The number of aromatic nitrogens is 2. The first-order valence-corrected chi connectivity index (χ1v) is 5.64. The first kappa shape index (κ1) is 11.6. The Bertz CT molecular complexity index is 506. The standard InChI is InChI=1S/C12H16N4O/c1-13-12(17)5-6-14-8-10-9-15-16-7-3-2-4-11(10)16/h2-4,7,9,14H,5-6,8H2,1H3,(H,13,17). The normalized spacial score (nSPS) is 10.6. The second kappa shape index (κ2) is 5.45. The van der Waals surface area contributed by atoms with E-state index in [1.165, 1.54) is 0 Å². The summed E-state index contributed by atoms with van der Waals surface area (Å²) in [5.41, 5.74) is 2.24. The van der Waals surface area contributed by atoms with Gasteiger partial charge >= 0.3 is 0 Å². The van der Waals surface area contributed by atoms with Gasteiger partial charge in [0.1, 0.15) is 0 Å². The van der Waals surface area contributed by atoms with Gasteiger partial charge in [0.25, 0.3) is 0 Å². The van der Waals surface area contributed by atoms with Crippen molar-refractivity contribution in [2.75, 3.05) is 13.6 Å². The van der Waals surface area contributed by atoms with Crippen LogP contribution in [0.2, 0.25) is 0 Å². The van der Waals surface area contributed by atoms with Gasteiger partial charge in [0, 0.05) is 38.3 Å². The van der Waals surface area contributed by atoms with Crippen molar-refractivity contribution in [1.82, 2.24) is 20.2 Å². The van der Waals surface area contributed by atoms with E-state index in [2.05, 4.69) is 15.7 Å². The summed E-state index contributed by atoms with van der Waals surface area (Å²) in [5, 5.41) is 10.1. The highest BCUT2D eigenvalue weighted by Crippen LogP contribution is 2.08. The van der Waals surface area contributed by atoms with Crippen molar-refractivity contribution in [2.24, 2.45) is 0 Å². The van der Waals surface area contributed by atoms with Gasteiger partial charge in [0.15, 0.2) is 0 Å². The van der Waals surface area contributed by atoms with Crippen LogP contribution in [-0.4, -0.2) is 29.1 Å². The van der Waals surface area contributed by atoms with Crippen molar-refractivity contribution in [1.29, 1.82) is 0 Å². The zero-order chi connectivity index (χ0) is 12.1. The highest BCUT2D eigenvalue weighted by Gasteiger charge is 2.02. The Morgan fingerprint density at radius 1 is 1.47 bits per heavy atom. The fourth-order valence-corrected chi connectivity index (χ4v) is 1.67. The lowest BCUT2D eigenvalue weighted by molar-refractivity contribution is -0.120. The largest absolute Gasteiger partial charge is 0.359 e. The molecular formula is C12H16N4O. The van der Waals surface area contributed by atoms with Crippen LogP contribution in [0.25, 0.3) is 5.52 Å². The molecule has 5 heteroatoms. The van der Waals surface area contributed by atoms with E-state index in [1.54, 1.807) is 7.05 Å². The molecular weight excluding hydrogens is 216 g/mol. The van der Waals surface area contributed by atoms with Crippen LogP contribution in [0.3, 0.4) is 0 Å². The third-order valence-electron chi connectivity index (χ3n) is 2.63. The van der Waals surface area contributed by atoms with Crippen LogP contribution in [0, 0.1) is 0 Å². The quantitative estimate of drug-likeness (QED) is 0.741. The number of carbonyl (C=O) groups excluding carboxylic acids is 1. The summed E-state index contributed by atoms with van der Waals surface area (Å²) in [6.45, 7) is 1.40. The summed E-state index contributed by atoms with van der Waals surface area (Å²) in [4.78, 5) is 11.0. The van der Waals surface area contributed by atoms with E-state index in [4.69, 9.17) is 0 Å². The molecule has 0 aromatic carbocycles. The third kappa shape index (κ3) is 2.82. The molecule has 2 aromatic heterocycles. The molecule has 2 N–H and O–H groups in total. The molecule has 0 aliphatic carbocycles. The highest BCUT2D eigenvalue weighted by atomic mass is 16.1. The van der Waals surface area contributed by atoms with E-state index in [1.807, 2.05) is 35.1 Å². The molecule has 90 valence electrons. The molecule has 17 heavy (non-hydrogen) atoms. The van der Waals surface area contributed by atoms with E-state index in [0.29, 0.717) is 13.0 Å². The number of fused-ring (bicyclic) bond motifs is 1. The molecule has 0 bridgehead atoms. The molecule has 0 aliphatic heterocycles. The van der Waals surface area contributed by atoms with Gasteiger partial charge < -0.3 is 10.6 Å². The van der Waals surface area contributed by atoms with E-state index < -0.39 is 0 Å². The van der Waals surface area contributed by atoms with Crippen molar-refractivity contribution in [3.63, 3.8) is 0 Å². The number of carbonyl (C=O) groups is 1. The number of nitrogens with one attached hydrogen (secondary N) is 2. The molecule has 0 unspecified atom stereocenters. The van der Waals surface area contributed by atoms with E-state index >= 15 is 0 Å². The maximum Gasteiger partial charge on any atom is 0.221 e. The molecule has 2 heterocycles. The van der Waals surface area contributed by atoms with E-state index in [9.17, 15) is 4.79 Å². The first-order chi connectivity index (χ1) is 8.31. The fraction of sp³-hybridized carbons (Fsp3) is 0.333. The number of hydrogen-bond donors (Lipinski definition) is 2. The Morgan fingerprint density at radius 3 is 3.18 bits per heavy atom. The molecule has 0 atom stereocenters. The van der Waals surface area contributed by atoms with E-state index in [-0.39, 0.29) is 5.91 Å². The zero-order valence-corrected chi connectivity index (χ0v) is 9.81. The van der Waals surface area contributed by atoms with Crippen LogP contribution in [0.1, 0.15) is 12.0 Å². The number of nitrogens with zero attached hydrogens (tertiary/aromatic N) is 2. The molecule has 0 saturated heterocycles.